The molecule has 0 bridgehead atoms. The predicted molar refractivity (Wildman–Crippen MR) is 236 cm³/mol. The summed E-state index contributed by atoms with van der Waals surface area (Å²) in [5, 5.41) is 2.24. The van der Waals surface area contributed by atoms with Crippen molar-refractivity contribution in [3.8, 4) is 90.3 Å². The lowest BCUT2D eigenvalue weighted by molar-refractivity contribution is 1.07. The zero-order valence-electron chi connectivity index (χ0n) is 31.4. The van der Waals surface area contributed by atoms with E-state index in [1.165, 1.54) is 0 Å². The van der Waals surface area contributed by atoms with E-state index in [1.54, 1.807) is 0 Å². The molecule has 0 N–H and O–H groups in total. The Hall–Kier alpha value is -7.89. The summed E-state index contributed by atoms with van der Waals surface area (Å²) in [5.74, 6) is 2.57. The molecule has 0 saturated carbocycles. The van der Waals surface area contributed by atoms with Crippen molar-refractivity contribution in [2.45, 2.75) is 0 Å². The van der Waals surface area contributed by atoms with Crippen LogP contribution in [0.25, 0.3) is 101 Å². The Kier molecular flexibility index (Phi) is 9.14. The third kappa shape index (κ3) is 6.82. The van der Waals surface area contributed by atoms with Crippen LogP contribution in [-0.4, -0.2) is 24.9 Å². The van der Waals surface area contributed by atoms with Crippen LogP contribution in [0.4, 0.5) is 0 Å². The topological polar surface area (TPSA) is 64.5 Å². The van der Waals surface area contributed by atoms with E-state index in [2.05, 4.69) is 115 Å². The molecule has 0 radical (unpaired) electrons. The molecule has 5 nitrogen and oxygen atoms in total. The highest BCUT2D eigenvalue weighted by molar-refractivity contribution is 6.07. The maximum Gasteiger partial charge on any atom is 0.164 e. The summed E-state index contributed by atoms with van der Waals surface area (Å²) in [6.07, 6.45) is 0. The number of nitrogens with zero attached hydrogens (tertiary/aromatic N) is 5. The van der Waals surface area contributed by atoms with Crippen LogP contribution >= 0.6 is 0 Å². The van der Waals surface area contributed by atoms with Gasteiger partial charge >= 0.3 is 0 Å². The van der Waals surface area contributed by atoms with Crippen molar-refractivity contribution in [3.63, 3.8) is 0 Å². The summed E-state index contributed by atoms with van der Waals surface area (Å²) in [6, 6.07) is 72.9. The molecule has 8 aromatic carbocycles. The van der Waals surface area contributed by atoms with E-state index in [4.69, 9.17) is 24.9 Å². The second-order valence-electron chi connectivity index (χ2n) is 14.1. The smallest absolute Gasteiger partial charge is 0.164 e. The largest absolute Gasteiger partial charge is 0.228 e. The van der Waals surface area contributed by atoms with Gasteiger partial charge in [0, 0.05) is 33.4 Å². The maximum absolute atomic E-state index is 5.19. The van der Waals surface area contributed by atoms with Crippen LogP contribution in [0.3, 0.4) is 0 Å². The van der Waals surface area contributed by atoms with Gasteiger partial charge in [-0.25, -0.2) is 24.9 Å². The van der Waals surface area contributed by atoms with Gasteiger partial charge in [-0.1, -0.05) is 200 Å². The fourth-order valence-corrected chi connectivity index (χ4v) is 7.53. The van der Waals surface area contributed by atoms with Gasteiger partial charge in [0.1, 0.15) is 0 Å². The number of fused-ring (bicyclic) bond motifs is 1. The van der Waals surface area contributed by atoms with Crippen LogP contribution in [0.1, 0.15) is 0 Å². The molecule has 0 amide bonds. The monoisotopic (exact) mass is 741 g/mol. The maximum atomic E-state index is 5.19. The third-order valence-corrected chi connectivity index (χ3v) is 10.4. The van der Waals surface area contributed by atoms with E-state index in [0.717, 1.165) is 77.8 Å². The van der Waals surface area contributed by atoms with E-state index < -0.39 is 0 Å². The van der Waals surface area contributed by atoms with Gasteiger partial charge in [0.05, 0.1) is 11.4 Å². The first kappa shape index (κ1) is 34.6. The normalized spacial score (nSPS) is 11.1. The molecular formula is C53H35N5. The molecule has 2 heterocycles. The van der Waals surface area contributed by atoms with Gasteiger partial charge in [0.25, 0.3) is 0 Å². The van der Waals surface area contributed by atoms with Crippen LogP contribution < -0.4 is 0 Å². The van der Waals surface area contributed by atoms with Crippen molar-refractivity contribution >= 4 is 10.8 Å². The van der Waals surface area contributed by atoms with Crippen molar-refractivity contribution in [2.75, 3.05) is 0 Å². The lowest BCUT2D eigenvalue weighted by atomic mass is 9.88. The number of hydrogen-bond acceptors (Lipinski definition) is 5. The molecule has 0 aliphatic carbocycles. The molecule has 5 heteroatoms. The third-order valence-electron chi connectivity index (χ3n) is 10.4. The average Bonchev–Trinajstić information content (AvgIpc) is 3.32. The molecular weight excluding hydrogens is 707 g/mol. The van der Waals surface area contributed by atoms with E-state index in [0.29, 0.717) is 23.3 Å². The molecule has 0 atom stereocenters. The molecule has 0 aliphatic rings. The quantitative estimate of drug-likeness (QED) is 0.155. The van der Waals surface area contributed by atoms with E-state index in [-0.39, 0.29) is 0 Å². The van der Waals surface area contributed by atoms with Gasteiger partial charge in [0.2, 0.25) is 0 Å². The summed E-state index contributed by atoms with van der Waals surface area (Å²) in [6.45, 7) is 0. The van der Waals surface area contributed by atoms with Crippen molar-refractivity contribution in [2.24, 2.45) is 0 Å². The molecule has 0 fully saturated rings. The molecule has 0 spiro atoms. The Morgan fingerprint density at radius 3 is 1.12 bits per heavy atom. The van der Waals surface area contributed by atoms with Gasteiger partial charge in [-0.15, -0.1) is 0 Å². The van der Waals surface area contributed by atoms with Crippen molar-refractivity contribution < 1.29 is 0 Å². The summed E-state index contributed by atoms with van der Waals surface area (Å²) in [5.41, 5.74) is 12.0. The molecule has 0 aliphatic heterocycles. The fourth-order valence-electron chi connectivity index (χ4n) is 7.53. The molecule has 10 aromatic rings. The molecule has 58 heavy (non-hydrogen) atoms. The average molecular weight is 742 g/mol. The van der Waals surface area contributed by atoms with Crippen LogP contribution in [0.5, 0.6) is 0 Å². The minimum atomic E-state index is 0.615. The highest BCUT2D eigenvalue weighted by Crippen LogP contribution is 2.42. The first-order valence-electron chi connectivity index (χ1n) is 19.3. The molecule has 0 unspecified atom stereocenters. The van der Waals surface area contributed by atoms with Crippen LogP contribution in [0, 0.1) is 0 Å². The van der Waals surface area contributed by atoms with Gasteiger partial charge in [-0.2, -0.15) is 0 Å². The van der Waals surface area contributed by atoms with Crippen LogP contribution in [-0.2, 0) is 0 Å². The van der Waals surface area contributed by atoms with Gasteiger partial charge in [-0.05, 0) is 45.2 Å². The number of benzene rings is 8. The SMILES string of the molecule is c1ccc(-c2cc(-c3ccc(-c4ccc(-c5nc(-c6ccccc6)nc(-c6ccccc6)n5)cc4-c4ccccc4)c4ccccc34)nc(-c3ccccc3)n2)cc1. The molecule has 10 rings (SSSR count). The summed E-state index contributed by atoms with van der Waals surface area (Å²) in [7, 11) is 0. The number of aromatic nitrogens is 5. The zero-order chi connectivity index (χ0) is 38.7. The predicted octanol–water partition coefficient (Wildman–Crippen LogP) is 13.2. The molecule has 2 aromatic heterocycles. The summed E-state index contributed by atoms with van der Waals surface area (Å²) < 4.78 is 0. The van der Waals surface area contributed by atoms with E-state index in [9.17, 15) is 0 Å². The minimum absolute atomic E-state index is 0.615. The lowest BCUT2D eigenvalue weighted by Crippen LogP contribution is -2.00. The highest BCUT2D eigenvalue weighted by Gasteiger charge is 2.19. The Morgan fingerprint density at radius 2 is 0.586 bits per heavy atom. The van der Waals surface area contributed by atoms with Crippen molar-refractivity contribution in [1.82, 2.24) is 24.9 Å². The van der Waals surface area contributed by atoms with Gasteiger partial charge in [0.15, 0.2) is 23.3 Å². The molecule has 272 valence electrons. The Balaban J connectivity index is 1.15. The number of hydrogen-bond donors (Lipinski definition) is 0. The molecule has 0 saturated heterocycles. The Bertz CT molecular complexity index is 2910. The Labute approximate surface area is 337 Å². The lowest BCUT2D eigenvalue weighted by Gasteiger charge is -2.17. The van der Waals surface area contributed by atoms with E-state index in [1.807, 2.05) is 97.1 Å². The second-order valence-corrected chi connectivity index (χ2v) is 14.1. The first-order chi connectivity index (χ1) is 28.7. The highest BCUT2D eigenvalue weighted by atomic mass is 15.0. The van der Waals surface area contributed by atoms with E-state index >= 15 is 0 Å². The zero-order valence-corrected chi connectivity index (χ0v) is 31.4. The summed E-state index contributed by atoms with van der Waals surface area (Å²) >= 11 is 0. The van der Waals surface area contributed by atoms with Crippen molar-refractivity contribution in [1.29, 1.82) is 0 Å². The Morgan fingerprint density at radius 1 is 0.207 bits per heavy atom. The van der Waals surface area contributed by atoms with Gasteiger partial charge in [-0.3, -0.25) is 0 Å². The number of rotatable bonds is 8. The van der Waals surface area contributed by atoms with Crippen molar-refractivity contribution in [3.05, 3.63) is 212 Å². The van der Waals surface area contributed by atoms with Crippen LogP contribution in [0.15, 0.2) is 212 Å². The van der Waals surface area contributed by atoms with Crippen LogP contribution in [0.2, 0.25) is 0 Å². The first-order valence-corrected chi connectivity index (χ1v) is 19.3. The summed E-state index contributed by atoms with van der Waals surface area (Å²) in [4.78, 5) is 25.3. The fraction of sp³-hybridized carbons (Fsp3) is 0. The second kappa shape index (κ2) is 15.3. The standard InChI is InChI=1S/C53H35N5/c1-6-18-36(19-7-1)47-34-41(53-57-51(39-24-12-4-13-25-39)56-52(58-53)40-26-14-5-15-27-40)30-31-45(47)44-32-33-46(43-29-17-16-28-42(43)44)49-35-48(37-20-8-2-9-21-37)54-50(55-49)38-22-10-3-11-23-38/h1-35H. The van der Waals surface area contributed by atoms with Gasteiger partial charge < -0.3 is 0 Å². The minimum Gasteiger partial charge on any atom is -0.228 e.